The van der Waals surface area contributed by atoms with Gasteiger partial charge in [0.25, 0.3) is 5.91 Å². The van der Waals surface area contributed by atoms with Gasteiger partial charge in [0.1, 0.15) is 5.82 Å². The lowest BCUT2D eigenvalue weighted by Gasteiger charge is -2.18. The van der Waals surface area contributed by atoms with Crippen molar-refractivity contribution in [3.63, 3.8) is 0 Å². The number of rotatable bonds is 2. The molecule has 0 radical (unpaired) electrons. The number of amides is 1. The molecule has 0 aliphatic carbocycles. The zero-order chi connectivity index (χ0) is 13.1. The Hall–Kier alpha value is -2.43. The summed E-state index contributed by atoms with van der Waals surface area (Å²) in [5.41, 5.74) is 6.81. The summed E-state index contributed by atoms with van der Waals surface area (Å²) in [6.45, 7) is 0. The fourth-order valence-electron chi connectivity index (χ4n) is 1.57. The van der Waals surface area contributed by atoms with Crippen molar-refractivity contribution >= 4 is 17.3 Å². The molecule has 0 atom stereocenters. The molecular formula is C13H12FN3O. The monoisotopic (exact) mass is 245 g/mol. The first-order valence-corrected chi connectivity index (χ1v) is 5.32. The minimum atomic E-state index is -0.397. The number of benzene rings is 1. The Morgan fingerprint density at radius 1 is 1.39 bits per heavy atom. The topological polar surface area (TPSA) is 59.2 Å². The zero-order valence-electron chi connectivity index (χ0n) is 9.80. The van der Waals surface area contributed by atoms with Crippen LogP contribution in [0.3, 0.4) is 0 Å². The van der Waals surface area contributed by atoms with Gasteiger partial charge < -0.3 is 10.6 Å². The first-order valence-electron chi connectivity index (χ1n) is 5.32. The Morgan fingerprint density at radius 3 is 2.83 bits per heavy atom. The SMILES string of the molecule is CN(C(=O)c1cnccc1N)c1cccc(F)c1. The van der Waals surface area contributed by atoms with Crippen molar-refractivity contribution in [3.05, 3.63) is 54.1 Å². The molecule has 1 heterocycles. The minimum Gasteiger partial charge on any atom is -0.398 e. The van der Waals surface area contributed by atoms with Crippen LogP contribution in [0.1, 0.15) is 10.4 Å². The highest BCUT2D eigenvalue weighted by Gasteiger charge is 2.16. The van der Waals surface area contributed by atoms with Crippen molar-refractivity contribution in [3.8, 4) is 0 Å². The van der Waals surface area contributed by atoms with E-state index in [1.54, 1.807) is 25.2 Å². The summed E-state index contributed by atoms with van der Waals surface area (Å²) in [5.74, 6) is -0.725. The van der Waals surface area contributed by atoms with Crippen molar-refractivity contribution in [1.29, 1.82) is 0 Å². The number of hydrogen-bond acceptors (Lipinski definition) is 3. The lowest BCUT2D eigenvalue weighted by atomic mass is 10.2. The van der Waals surface area contributed by atoms with Gasteiger partial charge in [0, 0.05) is 30.8 Å². The van der Waals surface area contributed by atoms with Crippen LogP contribution in [-0.4, -0.2) is 17.9 Å². The Balaban J connectivity index is 2.32. The van der Waals surface area contributed by atoms with Crippen molar-refractivity contribution in [2.75, 3.05) is 17.7 Å². The van der Waals surface area contributed by atoms with Crippen molar-refractivity contribution in [2.24, 2.45) is 0 Å². The quantitative estimate of drug-likeness (QED) is 0.881. The molecule has 2 aromatic rings. The second-order valence-electron chi connectivity index (χ2n) is 3.81. The van der Waals surface area contributed by atoms with E-state index in [4.69, 9.17) is 5.73 Å². The minimum absolute atomic E-state index is 0.296. The van der Waals surface area contributed by atoms with Gasteiger partial charge in [-0.2, -0.15) is 0 Å². The Labute approximate surface area is 104 Å². The molecule has 1 aromatic heterocycles. The Morgan fingerprint density at radius 2 is 2.17 bits per heavy atom. The second-order valence-corrected chi connectivity index (χ2v) is 3.81. The molecule has 0 spiro atoms. The van der Waals surface area contributed by atoms with E-state index in [-0.39, 0.29) is 5.91 Å². The summed E-state index contributed by atoms with van der Waals surface area (Å²) >= 11 is 0. The molecular weight excluding hydrogens is 233 g/mol. The summed E-state index contributed by atoms with van der Waals surface area (Å²) in [5, 5.41) is 0. The van der Waals surface area contributed by atoms with Gasteiger partial charge in [0.05, 0.1) is 5.56 Å². The van der Waals surface area contributed by atoms with Crippen LogP contribution in [0, 0.1) is 5.82 Å². The molecule has 0 unspecified atom stereocenters. The van der Waals surface area contributed by atoms with E-state index in [2.05, 4.69) is 4.98 Å². The number of nitrogens with two attached hydrogens (primary N) is 1. The number of anilines is 2. The van der Waals surface area contributed by atoms with E-state index in [1.165, 1.54) is 29.4 Å². The van der Waals surface area contributed by atoms with Gasteiger partial charge in [-0.3, -0.25) is 9.78 Å². The van der Waals surface area contributed by atoms with E-state index in [1.807, 2.05) is 0 Å². The third kappa shape index (κ3) is 2.29. The van der Waals surface area contributed by atoms with Crippen LogP contribution in [0.4, 0.5) is 15.8 Å². The number of carbonyl (C=O) groups is 1. The van der Waals surface area contributed by atoms with Crippen LogP contribution in [-0.2, 0) is 0 Å². The second kappa shape index (κ2) is 4.83. The third-order valence-electron chi connectivity index (χ3n) is 2.59. The number of carbonyl (C=O) groups excluding carboxylic acids is 1. The predicted molar refractivity (Wildman–Crippen MR) is 67.8 cm³/mol. The molecule has 0 saturated heterocycles. The zero-order valence-corrected chi connectivity index (χ0v) is 9.80. The summed E-state index contributed by atoms with van der Waals surface area (Å²) in [6, 6.07) is 7.34. The highest BCUT2D eigenvalue weighted by atomic mass is 19.1. The fraction of sp³-hybridized carbons (Fsp3) is 0.0769. The van der Waals surface area contributed by atoms with E-state index >= 15 is 0 Å². The molecule has 4 nitrogen and oxygen atoms in total. The van der Waals surface area contributed by atoms with Gasteiger partial charge in [0.15, 0.2) is 0 Å². The van der Waals surface area contributed by atoms with Gasteiger partial charge in [-0.1, -0.05) is 6.07 Å². The first-order chi connectivity index (χ1) is 8.59. The van der Waals surface area contributed by atoms with Crippen LogP contribution < -0.4 is 10.6 Å². The number of nitrogens with zero attached hydrogens (tertiary/aromatic N) is 2. The van der Waals surface area contributed by atoms with Crippen LogP contribution in [0.25, 0.3) is 0 Å². The Kier molecular flexibility index (Phi) is 3.23. The van der Waals surface area contributed by atoms with Gasteiger partial charge in [-0.25, -0.2) is 4.39 Å². The largest absolute Gasteiger partial charge is 0.398 e. The maximum atomic E-state index is 13.1. The van der Waals surface area contributed by atoms with E-state index in [9.17, 15) is 9.18 Å². The van der Waals surface area contributed by atoms with E-state index in [0.29, 0.717) is 16.9 Å². The summed E-state index contributed by atoms with van der Waals surface area (Å²) < 4.78 is 13.1. The van der Waals surface area contributed by atoms with Crippen LogP contribution >= 0.6 is 0 Å². The number of hydrogen-bond donors (Lipinski definition) is 1. The number of nitrogen functional groups attached to an aromatic ring is 1. The van der Waals surface area contributed by atoms with Crippen molar-refractivity contribution < 1.29 is 9.18 Å². The smallest absolute Gasteiger partial charge is 0.261 e. The molecule has 0 aliphatic heterocycles. The molecule has 0 saturated carbocycles. The average molecular weight is 245 g/mol. The van der Waals surface area contributed by atoms with Crippen molar-refractivity contribution in [2.45, 2.75) is 0 Å². The molecule has 18 heavy (non-hydrogen) atoms. The molecule has 1 amide bonds. The Bertz CT molecular complexity index is 586. The lowest BCUT2D eigenvalue weighted by molar-refractivity contribution is 0.0993. The van der Waals surface area contributed by atoms with Gasteiger partial charge in [-0.15, -0.1) is 0 Å². The maximum absolute atomic E-state index is 13.1. The highest BCUT2D eigenvalue weighted by Crippen LogP contribution is 2.18. The standard InChI is InChI=1S/C13H12FN3O/c1-17(10-4-2-3-9(14)7-10)13(18)11-8-16-6-5-12(11)15/h2-8H,1H3,(H2,15,16). The average Bonchev–Trinajstić information content (AvgIpc) is 2.37. The number of pyridine rings is 1. The number of halogens is 1. The number of aromatic nitrogens is 1. The molecule has 0 aliphatic rings. The van der Waals surface area contributed by atoms with Gasteiger partial charge in [-0.05, 0) is 24.3 Å². The highest BCUT2D eigenvalue weighted by molar-refractivity contribution is 6.08. The molecule has 5 heteroatoms. The lowest BCUT2D eigenvalue weighted by Crippen LogP contribution is -2.27. The molecule has 0 fully saturated rings. The van der Waals surface area contributed by atoms with Gasteiger partial charge in [0.2, 0.25) is 0 Å². The van der Waals surface area contributed by atoms with Crippen LogP contribution in [0.5, 0.6) is 0 Å². The van der Waals surface area contributed by atoms with Crippen LogP contribution in [0.15, 0.2) is 42.7 Å². The summed E-state index contributed by atoms with van der Waals surface area (Å²) in [7, 11) is 1.56. The van der Waals surface area contributed by atoms with Gasteiger partial charge >= 0.3 is 0 Å². The fourth-order valence-corrected chi connectivity index (χ4v) is 1.57. The third-order valence-corrected chi connectivity index (χ3v) is 2.59. The molecule has 2 N–H and O–H groups in total. The first kappa shape index (κ1) is 12.0. The normalized spacial score (nSPS) is 10.1. The summed E-state index contributed by atoms with van der Waals surface area (Å²) in [4.78, 5) is 17.3. The molecule has 1 aromatic carbocycles. The summed E-state index contributed by atoms with van der Waals surface area (Å²) in [6.07, 6.45) is 2.90. The van der Waals surface area contributed by atoms with Crippen molar-refractivity contribution in [1.82, 2.24) is 4.98 Å². The van der Waals surface area contributed by atoms with E-state index in [0.717, 1.165) is 0 Å². The maximum Gasteiger partial charge on any atom is 0.261 e. The van der Waals surface area contributed by atoms with Crippen LogP contribution in [0.2, 0.25) is 0 Å². The molecule has 0 bridgehead atoms. The van der Waals surface area contributed by atoms with E-state index < -0.39 is 5.82 Å². The molecule has 2 rings (SSSR count). The molecule has 92 valence electrons. The predicted octanol–water partition coefficient (Wildman–Crippen LogP) is 2.08.